The zero-order chi connectivity index (χ0) is 18.6. The fraction of sp³-hybridized carbons (Fsp3) is 0.444. The van der Waals surface area contributed by atoms with E-state index < -0.39 is 17.5 Å². The van der Waals surface area contributed by atoms with Gasteiger partial charge in [0.05, 0.1) is 12.8 Å². The zero-order valence-corrected chi connectivity index (χ0v) is 14.9. The van der Waals surface area contributed by atoms with Gasteiger partial charge in [0.1, 0.15) is 11.5 Å². The summed E-state index contributed by atoms with van der Waals surface area (Å²) in [4.78, 5) is 12.4. The van der Waals surface area contributed by atoms with Gasteiger partial charge in [-0.2, -0.15) is 5.10 Å². The van der Waals surface area contributed by atoms with Crippen molar-refractivity contribution in [3.8, 4) is 5.75 Å². The second kappa shape index (κ2) is 8.09. The van der Waals surface area contributed by atoms with Gasteiger partial charge in [-0.15, -0.1) is 0 Å². The predicted octanol–water partition coefficient (Wildman–Crippen LogP) is 3.32. The predicted molar refractivity (Wildman–Crippen MR) is 90.5 cm³/mol. The summed E-state index contributed by atoms with van der Waals surface area (Å²) in [5.74, 6) is -1.62. The van der Waals surface area contributed by atoms with Crippen molar-refractivity contribution < 1.29 is 18.3 Å². The maximum Gasteiger partial charge on any atom is 0.269 e. The van der Waals surface area contributed by atoms with E-state index >= 15 is 0 Å². The standard InChI is InChI=1S/C18H23F2N3O2/c1-5-23-15(9-12(22-23)8-11(2)3)18(24)21-10-13-14(19)6-7-16(25-4)17(13)20/h6-7,9,11H,5,8,10H2,1-4H3,(H,21,24). The van der Waals surface area contributed by atoms with Crippen molar-refractivity contribution in [2.24, 2.45) is 5.92 Å². The van der Waals surface area contributed by atoms with Crippen LogP contribution in [0.25, 0.3) is 0 Å². The normalized spacial score (nSPS) is 11.0. The number of rotatable bonds is 7. The molecule has 0 radical (unpaired) electrons. The van der Waals surface area contributed by atoms with Crippen LogP contribution in [0.5, 0.6) is 5.75 Å². The highest BCUT2D eigenvalue weighted by atomic mass is 19.1. The molecular formula is C18H23F2N3O2. The van der Waals surface area contributed by atoms with Gasteiger partial charge in [0, 0.05) is 18.7 Å². The number of aryl methyl sites for hydroxylation is 1. The van der Waals surface area contributed by atoms with Crippen LogP contribution in [0, 0.1) is 17.6 Å². The summed E-state index contributed by atoms with van der Waals surface area (Å²) in [5, 5.41) is 6.95. The van der Waals surface area contributed by atoms with E-state index in [1.165, 1.54) is 13.2 Å². The summed E-state index contributed by atoms with van der Waals surface area (Å²) in [5.41, 5.74) is 0.959. The summed E-state index contributed by atoms with van der Waals surface area (Å²) in [7, 11) is 1.30. The first-order valence-electron chi connectivity index (χ1n) is 8.23. The molecule has 0 aliphatic rings. The molecule has 0 bridgehead atoms. The molecule has 0 spiro atoms. The number of nitrogens with one attached hydrogen (secondary N) is 1. The molecule has 1 N–H and O–H groups in total. The lowest BCUT2D eigenvalue weighted by atomic mass is 10.1. The first-order chi connectivity index (χ1) is 11.9. The van der Waals surface area contributed by atoms with Gasteiger partial charge in [-0.05, 0) is 37.5 Å². The molecule has 136 valence electrons. The van der Waals surface area contributed by atoms with Crippen molar-refractivity contribution in [3.05, 3.63) is 46.8 Å². The van der Waals surface area contributed by atoms with E-state index in [1.807, 2.05) is 6.92 Å². The lowest BCUT2D eigenvalue weighted by Gasteiger charge is -2.10. The topological polar surface area (TPSA) is 56.2 Å². The van der Waals surface area contributed by atoms with Crippen LogP contribution in [0.1, 0.15) is 42.5 Å². The van der Waals surface area contributed by atoms with Crippen molar-refractivity contribution in [1.29, 1.82) is 0 Å². The highest BCUT2D eigenvalue weighted by Crippen LogP contribution is 2.23. The van der Waals surface area contributed by atoms with Gasteiger partial charge in [-0.25, -0.2) is 8.78 Å². The Morgan fingerprint density at radius 3 is 2.68 bits per heavy atom. The van der Waals surface area contributed by atoms with E-state index in [0.29, 0.717) is 18.2 Å². The minimum absolute atomic E-state index is 0.0662. The number of carbonyl (C=O) groups excluding carboxylic acids is 1. The minimum atomic E-state index is -0.813. The summed E-state index contributed by atoms with van der Waals surface area (Å²) in [6, 6.07) is 4.04. The second-order valence-electron chi connectivity index (χ2n) is 6.16. The van der Waals surface area contributed by atoms with Gasteiger partial charge in [-0.3, -0.25) is 9.48 Å². The van der Waals surface area contributed by atoms with E-state index in [2.05, 4.69) is 24.3 Å². The molecule has 0 aliphatic heterocycles. The first-order valence-corrected chi connectivity index (χ1v) is 8.23. The molecule has 2 rings (SSSR count). The molecule has 0 atom stereocenters. The number of methoxy groups -OCH3 is 1. The smallest absolute Gasteiger partial charge is 0.269 e. The molecule has 5 nitrogen and oxygen atoms in total. The minimum Gasteiger partial charge on any atom is -0.494 e. The molecule has 2 aromatic rings. The quantitative estimate of drug-likeness (QED) is 0.833. The molecule has 0 saturated heterocycles. The SMILES string of the molecule is CCn1nc(CC(C)C)cc1C(=O)NCc1c(F)ccc(OC)c1F. The number of hydrogen-bond donors (Lipinski definition) is 1. The number of nitrogens with zero attached hydrogens (tertiary/aromatic N) is 2. The van der Waals surface area contributed by atoms with Crippen LogP contribution in [0.4, 0.5) is 8.78 Å². The van der Waals surface area contributed by atoms with E-state index in [-0.39, 0.29) is 17.9 Å². The fourth-order valence-electron chi connectivity index (χ4n) is 2.57. The average Bonchev–Trinajstić information content (AvgIpc) is 2.96. The second-order valence-corrected chi connectivity index (χ2v) is 6.16. The van der Waals surface area contributed by atoms with Crippen molar-refractivity contribution >= 4 is 5.91 Å². The lowest BCUT2D eigenvalue weighted by Crippen LogP contribution is -2.26. The molecule has 1 amide bonds. The van der Waals surface area contributed by atoms with Gasteiger partial charge < -0.3 is 10.1 Å². The van der Waals surface area contributed by atoms with Crippen molar-refractivity contribution in [1.82, 2.24) is 15.1 Å². The van der Waals surface area contributed by atoms with Crippen LogP contribution in [-0.4, -0.2) is 22.8 Å². The van der Waals surface area contributed by atoms with Crippen LogP contribution in [0.3, 0.4) is 0 Å². The van der Waals surface area contributed by atoms with Gasteiger partial charge in [0.2, 0.25) is 0 Å². The Morgan fingerprint density at radius 2 is 2.08 bits per heavy atom. The Hall–Kier alpha value is -2.44. The molecule has 0 fully saturated rings. The van der Waals surface area contributed by atoms with Gasteiger partial charge in [-0.1, -0.05) is 13.8 Å². The Balaban J connectivity index is 2.17. The van der Waals surface area contributed by atoms with Gasteiger partial charge in [0.25, 0.3) is 5.91 Å². The third-order valence-electron chi connectivity index (χ3n) is 3.78. The van der Waals surface area contributed by atoms with E-state index in [0.717, 1.165) is 18.2 Å². The van der Waals surface area contributed by atoms with E-state index in [9.17, 15) is 13.6 Å². The van der Waals surface area contributed by atoms with Crippen LogP contribution in [-0.2, 0) is 19.5 Å². The Labute approximate surface area is 146 Å². The Kier molecular flexibility index (Phi) is 6.12. The molecule has 0 aliphatic carbocycles. The van der Waals surface area contributed by atoms with Crippen molar-refractivity contribution in [2.45, 2.75) is 40.3 Å². The number of amides is 1. The average molecular weight is 351 g/mol. The molecule has 1 heterocycles. The zero-order valence-electron chi connectivity index (χ0n) is 14.9. The molecule has 25 heavy (non-hydrogen) atoms. The summed E-state index contributed by atoms with van der Waals surface area (Å²) in [6.07, 6.45) is 0.756. The number of halogens is 2. The monoisotopic (exact) mass is 351 g/mol. The highest BCUT2D eigenvalue weighted by Gasteiger charge is 2.18. The molecule has 1 aromatic heterocycles. The molecule has 7 heteroatoms. The van der Waals surface area contributed by atoms with Crippen LogP contribution >= 0.6 is 0 Å². The number of benzene rings is 1. The summed E-state index contributed by atoms with van der Waals surface area (Å²) >= 11 is 0. The number of carbonyl (C=O) groups is 1. The summed E-state index contributed by atoms with van der Waals surface area (Å²) in [6.45, 7) is 6.27. The van der Waals surface area contributed by atoms with Crippen LogP contribution < -0.4 is 10.1 Å². The lowest BCUT2D eigenvalue weighted by molar-refractivity contribution is 0.0939. The Morgan fingerprint density at radius 1 is 1.36 bits per heavy atom. The van der Waals surface area contributed by atoms with Crippen LogP contribution in [0.2, 0.25) is 0 Å². The van der Waals surface area contributed by atoms with Crippen molar-refractivity contribution in [2.75, 3.05) is 7.11 Å². The third kappa shape index (κ3) is 4.35. The molecular weight excluding hydrogens is 328 g/mol. The molecule has 0 saturated carbocycles. The molecule has 1 aromatic carbocycles. The van der Waals surface area contributed by atoms with Crippen molar-refractivity contribution in [3.63, 3.8) is 0 Å². The van der Waals surface area contributed by atoms with E-state index in [4.69, 9.17) is 4.74 Å². The van der Waals surface area contributed by atoms with E-state index in [1.54, 1.807) is 10.7 Å². The maximum atomic E-state index is 14.1. The highest BCUT2D eigenvalue weighted by molar-refractivity contribution is 5.92. The molecule has 0 unspecified atom stereocenters. The first kappa shape index (κ1) is 18.9. The maximum absolute atomic E-state index is 14.1. The van der Waals surface area contributed by atoms with Crippen LogP contribution in [0.15, 0.2) is 18.2 Å². The number of hydrogen-bond acceptors (Lipinski definition) is 3. The summed E-state index contributed by atoms with van der Waals surface area (Å²) < 4.78 is 34.4. The number of aromatic nitrogens is 2. The van der Waals surface area contributed by atoms with Gasteiger partial charge in [0.15, 0.2) is 11.6 Å². The largest absolute Gasteiger partial charge is 0.494 e. The van der Waals surface area contributed by atoms with Gasteiger partial charge >= 0.3 is 0 Å². The number of ether oxygens (including phenoxy) is 1. The fourth-order valence-corrected chi connectivity index (χ4v) is 2.57. The Bertz CT molecular complexity index is 757. The third-order valence-corrected chi connectivity index (χ3v) is 3.78.